The van der Waals surface area contributed by atoms with Crippen LogP contribution in [0.25, 0.3) is 0 Å². The van der Waals surface area contributed by atoms with Gasteiger partial charge in [0.25, 0.3) is 0 Å². The average Bonchev–Trinajstić information content (AvgIpc) is 2.61. The van der Waals surface area contributed by atoms with Gasteiger partial charge in [-0.1, -0.05) is 18.2 Å². The molecule has 0 atom stereocenters. The highest BCUT2D eigenvalue weighted by Gasteiger charge is 2.21. The van der Waals surface area contributed by atoms with Crippen molar-refractivity contribution < 1.29 is 9.47 Å². The standard InChI is InChI=1S/C19H31N3O2/c1-4-23-17-11-14-22(15-12-17)19(20-3)21-13-10-16-8-6-7-9-18(16)24-5-2/h6-9,17H,4-5,10-15H2,1-3H3,(H,20,21). The molecule has 2 rings (SSSR count). The summed E-state index contributed by atoms with van der Waals surface area (Å²) in [5.41, 5.74) is 1.23. The van der Waals surface area contributed by atoms with Crippen molar-refractivity contribution in [2.75, 3.05) is 39.9 Å². The lowest BCUT2D eigenvalue weighted by atomic mass is 10.1. The number of nitrogens with zero attached hydrogens (tertiary/aromatic N) is 2. The first-order valence-electron chi connectivity index (χ1n) is 9.06. The zero-order chi connectivity index (χ0) is 17.2. The molecule has 1 saturated heterocycles. The fourth-order valence-electron chi connectivity index (χ4n) is 3.12. The number of ether oxygens (including phenoxy) is 2. The highest BCUT2D eigenvalue weighted by atomic mass is 16.5. The van der Waals surface area contributed by atoms with Crippen LogP contribution in [-0.4, -0.2) is 56.9 Å². The molecule has 1 aromatic rings. The van der Waals surface area contributed by atoms with Crippen LogP contribution in [0.1, 0.15) is 32.3 Å². The van der Waals surface area contributed by atoms with E-state index < -0.39 is 0 Å². The summed E-state index contributed by atoms with van der Waals surface area (Å²) in [6.45, 7) is 8.43. The van der Waals surface area contributed by atoms with Gasteiger partial charge in [0.2, 0.25) is 0 Å². The predicted octanol–water partition coefficient (Wildman–Crippen LogP) is 2.70. The van der Waals surface area contributed by atoms with Crippen molar-refractivity contribution in [3.63, 3.8) is 0 Å². The van der Waals surface area contributed by atoms with Crippen molar-refractivity contribution in [1.82, 2.24) is 10.2 Å². The lowest BCUT2D eigenvalue weighted by Gasteiger charge is -2.34. The average molecular weight is 333 g/mol. The van der Waals surface area contributed by atoms with Crippen LogP contribution >= 0.6 is 0 Å². The summed E-state index contributed by atoms with van der Waals surface area (Å²) in [5, 5.41) is 3.48. The third-order valence-corrected chi connectivity index (χ3v) is 4.31. The van der Waals surface area contributed by atoms with Gasteiger partial charge in [-0.2, -0.15) is 0 Å². The topological polar surface area (TPSA) is 46.1 Å². The molecule has 0 radical (unpaired) electrons. The van der Waals surface area contributed by atoms with Gasteiger partial charge in [0.15, 0.2) is 5.96 Å². The first-order valence-corrected chi connectivity index (χ1v) is 9.06. The van der Waals surface area contributed by atoms with Gasteiger partial charge < -0.3 is 19.7 Å². The summed E-state index contributed by atoms with van der Waals surface area (Å²) in [4.78, 5) is 6.76. The molecule has 24 heavy (non-hydrogen) atoms. The van der Waals surface area contributed by atoms with Gasteiger partial charge >= 0.3 is 0 Å². The first kappa shape index (κ1) is 18.6. The second-order valence-corrected chi connectivity index (χ2v) is 5.91. The van der Waals surface area contributed by atoms with E-state index in [1.54, 1.807) is 0 Å². The second-order valence-electron chi connectivity index (χ2n) is 5.91. The Bertz CT molecular complexity index is 511. The van der Waals surface area contributed by atoms with Crippen LogP contribution in [-0.2, 0) is 11.2 Å². The van der Waals surface area contributed by atoms with Gasteiger partial charge in [-0.05, 0) is 44.7 Å². The van der Waals surface area contributed by atoms with Crippen LogP contribution in [0.15, 0.2) is 29.3 Å². The number of nitrogens with one attached hydrogen (secondary N) is 1. The summed E-state index contributed by atoms with van der Waals surface area (Å²) < 4.78 is 11.4. The van der Waals surface area contributed by atoms with E-state index in [1.807, 2.05) is 26.1 Å². The number of aliphatic imine (C=N–C) groups is 1. The van der Waals surface area contributed by atoms with Crippen molar-refractivity contribution in [3.8, 4) is 5.75 Å². The molecule has 0 unspecified atom stereocenters. The Balaban J connectivity index is 1.80. The Hall–Kier alpha value is -1.75. The number of hydrogen-bond donors (Lipinski definition) is 1. The zero-order valence-corrected chi connectivity index (χ0v) is 15.3. The molecule has 1 heterocycles. The zero-order valence-electron chi connectivity index (χ0n) is 15.3. The molecule has 0 aromatic heterocycles. The number of piperidine rings is 1. The third kappa shape index (κ3) is 5.41. The number of para-hydroxylation sites is 1. The van der Waals surface area contributed by atoms with Crippen molar-refractivity contribution in [2.45, 2.75) is 39.2 Å². The van der Waals surface area contributed by atoms with E-state index in [1.165, 1.54) is 5.56 Å². The minimum atomic E-state index is 0.405. The van der Waals surface area contributed by atoms with Gasteiger partial charge in [-0.25, -0.2) is 0 Å². The fraction of sp³-hybridized carbons (Fsp3) is 0.632. The summed E-state index contributed by atoms with van der Waals surface area (Å²) in [5.74, 6) is 1.97. The highest BCUT2D eigenvalue weighted by Crippen LogP contribution is 2.18. The molecule has 1 aliphatic rings. The maximum Gasteiger partial charge on any atom is 0.193 e. The van der Waals surface area contributed by atoms with E-state index in [4.69, 9.17) is 9.47 Å². The molecule has 0 saturated carbocycles. The Morgan fingerprint density at radius 2 is 1.96 bits per heavy atom. The summed E-state index contributed by atoms with van der Waals surface area (Å²) in [6, 6.07) is 8.24. The Morgan fingerprint density at radius 3 is 2.62 bits per heavy atom. The fourth-order valence-corrected chi connectivity index (χ4v) is 3.12. The molecule has 0 spiro atoms. The maximum absolute atomic E-state index is 5.72. The lowest BCUT2D eigenvalue weighted by molar-refractivity contribution is 0.0264. The molecular weight excluding hydrogens is 302 g/mol. The van der Waals surface area contributed by atoms with Gasteiger partial charge in [0.05, 0.1) is 12.7 Å². The molecule has 0 amide bonds. The van der Waals surface area contributed by atoms with Crippen LogP contribution in [0.4, 0.5) is 0 Å². The van der Waals surface area contributed by atoms with E-state index in [-0.39, 0.29) is 0 Å². The largest absolute Gasteiger partial charge is 0.494 e. The van der Waals surface area contributed by atoms with Crippen LogP contribution in [0, 0.1) is 0 Å². The molecule has 1 aromatic carbocycles. The monoisotopic (exact) mass is 333 g/mol. The molecule has 1 aliphatic heterocycles. The van der Waals surface area contributed by atoms with Gasteiger partial charge in [-0.15, -0.1) is 0 Å². The smallest absolute Gasteiger partial charge is 0.193 e. The molecule has 134 valence electrons. The van der Waals surface area contributed by atoms with Crippen molar-refractivity contribution in [1.29, 1.82) is 0 Å². The van der Waals surface area contributed by atoms with Crippen molar-refractivity contribution >= 4 is 5.96 Å². The molecular formula is C19H31N3O2. The number of rotatable bonds is 7. The summed E-state index contributed by atoms with van der Waals surface area (Å²) in [7, 11) is 1.85. The minimum absolute atomic E-state index is 0.405. The van der Waals surface area contributed by atoms with Gasteiger partial charge in [0, 0.05) is 33.3 Å². The van der Waals surface area contributed by atoms with E-state index in [9.17, 15) is 0 Å². The Morgan fingerprint density at radius 1 is 1.21 bits per heavy atom. The highest BCUT2D eigenvalue weighted by molar-refractivity contribution is 5.80. The van der Waals surface area contributed by atoms with Crippen molar-refractivity contribution in [2.24, 2.45) is 4.99 Å². The number of benzene rings is 1. The molecule has 5 heteroatoms. The molecule has 0 bridgehead atoms. The number of guanidine groups is 1. The predicted molar refractivity (Wildman–Crippen MR) is 98.9 cm³/mol. The van der Waals surface area contributed by atoms with E-state index >= 15 is 0 Å². The minimum Gasteiger partial charge on any atom is -0.494 e. The molecule has 1 N–H and O–H groups in total. The lowest BCUT2D eigenvalue weighted by Crippen LogP contribution is -2.47. The van der Waals surface area contributed by atoms with Gasteiger partial charge in [-0.3, -0.25) is 4.99 Å². The Labute approximate surface area is 146 Å². The molecule has 5 nitrogen and oxygen atoms in total. The number of hydrogen-bond acceptors (Lipinski definition) is 3. The number of likely N-dealkylation sites (tertiary alicyclic amines) is 1. The Kier molecular flexibility index (Phi) is 7.89. The maximum atomic E-state index is 5.72. The van der Waals surface area contributed by atoms with Gasteiger partial charge in [0.1, 0.15) is 5.75 Å². The molecule has 1 fully saturated rings. The van der Waals surface area contributed by atoms with Crippen LogP contribution in [0.5, 0.6) is 5.75 Å². The van der Waals surface area contributed by atoms with Crippen LogP contribution < -0.4 is 10.1 Å². The van der Waals surface area contributed by atoms with Crippen LogP contribution in [0.3, 0.4) is 0 Å². The molecule has 0 aliphatic carbocycles. The summed E-state index contributed by atoms with van der Waals surface area (Å²) >= 11 is 0. The normalized spacial score (nSPS) is 16.3. The van der Waals surface area contributed by atoms with E-state index in [2.05, 4.69) is 34.3 Å². The SMILES string of the molecule is CCOc1ccccc1CCNC(=NC)N1CCC(OCC)CC1. The van der Waals surface area contributed by atoms with E-state index in [0.29, 0.717) is 12.7 Å². The first-order chi connectivity index (χ1) is 11.8. The third-order valence-electron chi connectivity index (χ3n) is 4.31. The van der Waals surface area contributed by atoms with E-state index in [0.717, 1.165) is 57.2 Å². The second kappa shape index (κ2) is 10.2. The van der Waals surface area contributed by atoms with Crippen LogP contribution in [0.2, 0.25) is 0 Å². The quantitative estimate of drug-likeness (QED) is 0.616. The van der Waals surface area contributed by atoms with Crippen molar-refractivity contribution in [3.05, 3.63) is 29.8 Å². The summed E-state index contributed by atoms with van der Waals surface area (Å²) in [6.07, 6.45) is 3.47.